The Balaban J connectivity index is 3.08. The zero-order chi connectivity index (χ0) is 14.4. The van der Waals surface area contributed by atoms with Crippen LogP contribution in [0.5, 0.6) is 0 Å². The molecule has 7 nitrogen and oxygen atoms in total. The van der Waals surface area contributed by atoms with E-state index in [-0.39, 0.29) is 4.80 Å². The lowest BCUT2D eigenvalue weighted by Crippen LogP contribution is -2.27. The fraction of sp³-hybridized carbons (Fsp3) is 0.400. The van der Waals surface area contributed by atoms with E-state index in [1.54, 1.807) is 14.1 Å². The number of thioether (sulfide) groups is 1. The van der Waals surface area contributed by atoms with Gasteiger partial charge in [0.05, 0.1) is 0 Å². The van der Waals surface area contributed by atoms with Gasteiger partial charge >= 0.3 is 12.1 Å². The van der Waals surface area contributed by atoms with Gasteiger partial charge in [0.25, 0.3) is 0 Å². The van der Waals surface area contributed by atoms with E-state index in [2.05, 4.69) is 10.1 Å². The summed E-state index contributed by atoms with van der Waals surface area (Å²) in [7, 11) is 3.08. The van der Waals surface area contributed by atoms with Crippen LogP contribution in [-0.4, -0.2) is 51.8 Å². The lowest BCUT2D eigenvalue weighted by molar-refractivity contribution is 0.191. The number of nitrogens with zero attached hydrogens (tertiary/aromatic N) is 4. The van der Waals surface area contributed by atoms with E-state index in [1.807, 2.05) is 19.1 Å². The van der Waals surface area contributed by atoms with Gasteiger partial charge in [-0.3, -0.25) is 0 Å². The maximum absolute atomic E-state index is 11.5. The molecule has 1 aromatic rings. The van der Waals surface area contributed by atoms with Crippen molar-refractivity contribution < 1.29 is 14.7 Å². The van der Waals surface area contributed by atoms with Crippen LogP contribution in [0.4, 0.5) is 9.59 Å². The lowest BCUT2D eigenvalue weighted by atomic mass is 10.6. The zero-order valence-corrected chi connectivity index (χ0v) is 12.4. The molecular weight excluding hydrogens is 288 g/mol. The van der Waals surface area contributed by atoms with Gasteiger partial charge in [-0.1, -0.05) is 35.3 Å². The Hall–Kier alpha value is -1.61. The van der Waals surface area contributed by atoms with Crippen molar-refractivity contribution in [1.29, 1.82) is 0 Å². The fourth-order valence-electron chi connectivity index (χ4n) is 0.917. The number of carboxylic acid groups (broad SMARTS) is 1. The Bertz CT molecular complexity index is 559. The monoisotopic (exact) mass is 302 g/mol. The molecule has 0 spiro atoms. The van der Waals surface area contributed by atoms with Gasteiger partial charge in [-0.15, -0.1) is 9.78 Å². The van der Waals surface area contributed by atoms with Crippen molar-refractivity contribution >= 4 is 35.2 Å². The summed E-state index contributed by atoms with van der Waals surface area (Å²) in [5.74, 6) is 0.685. The largest absolute Gasteiger partial charge is 0.463 e. The van der Waals surface area contributed by atoms with E-state index in [4.69, 9.17) is 5.11 Å². The van der Waals surface area contributed by atoms with E-state index in [1.165, 1.54) is 16.7 Å². The highest BCUT2D eigenvalue weighted by Crippen LogP contribution is 2.17. The maximum Gasteiger partial charge on any atom is 0.434 e. The fourth-order valence-corrected chi connectivity index (χ4v) is 2.76. The van der Waals surface area contributed by atoms with Crippen molar-refractivity contribution in [1.82, 2.24) is 14.7 Å². The molecular formula is C10H14N4O3S2. The molecule has 104 valence electrons. The van der Waals surface area contributed by atoms with Crippen molar-refractivity contribution in [2.45, 2.75) is 11.3 Å². The van der Waals surface area contributed by atoms with Gasteiger partial charge in [-0.05, 0) is 6.92 Å². The normalized spacial score (nSPS) is 12.1. The molecule has 1 heterocycles. The Morgan fingerprint density at radius 1 is 1.58 bits per heavy atom. The van der Waals surface area contributed by atoms with Crippen LogP contribution < -0.4 is 4.80 Å². The van der Waals surface area contributed by atoms with Crippen LogP contribution >= 0.6 is 23.1 Å². The van der Waals surface area contributed by atoms with Gasteiger partial charge in [-0.25, -0.2) is 9.59 Å². The summed E-state index contributed by atoms with van der Waals surface area (Å²) < 4.78 is 1.26. The minimum absolute atomic E-state index is 0.0502. The predicted octanol–water partition coefficient (Wildman–Crippen LogP) is 1.72. The Morgan fingerprint density at radius 3 is 2.79 bits per heavy atom. The topological polar surface area (TPSA) is 87.8 Å². The number of carbonyl (C=O) groups is 2. The van der Waals surface area contributed by atoms with Crippen LogP contribution in [0, 0.1) is 0 Å². The van der Waals surface area contributed by atoms with Gasteiger partial charge in [0.1, 0.15) is 0 Å². The Morgan fingerprint density at radius 2 is 2.26 bits per heavy atom. The summed E-state index contributed by atoms with van der Waals surface area (Å²) >= 11 is 2.45. The van der Waals surface area contributed by atoms with Crippen LogP contribution in [0.1, 0.15) is 6.92 Å². The molecule has 19 heavy (non-hydrogen) atoms. The summed E-state index contributed by atoms with van der Waals surface area (Å²) in [5, 5.41) is 12.9. The third-order valence-corrected chi connectivity index (χ3v) is 3.83. The van der Waals surface area contributed by atoms with E-state index in [0.717, 1.165) is 11.3 Å². The molecule has 2 amide bonds. The van der Waals surface area contributed by atoms with E-state index in [0.29, 0.717) is 14.8 Å². The summed E-state index contributed by atoms with van der Waals surface area (Å²) in [6, 6.07) is -0.524. The smallest absolute Gasteiger partial charge is 0.434 e. The standard InChI is InChI=1S/C10H14N4O3S2/c1-4-5-6-18-9-12-14(10(16)17)8(19-9)11-7(15)13(2)3/h4-5H,6H2,1-3H3,(H,16,17). The van der Waals surface area contributed by atoms with E-state index in [9.17, 15) is 9.59 Å². The summed E-state index contributed by atoms with van der Waals surface area (Å²) in [5.41, 5.74) is 0. The van der Waals surface area contributed by atoms with Crippen LogP contribution in [0.25, 0.3) is 0 Å². The molecule has 1 rings (SSSR count). The second kappa shape index (κ2) is 7.10. The molecule has 0 aliphatic rings. The molecule has 1 aromatic heterocycles. The highest BCUT2D eigenvalue weighted by atomic mass is 32.2. The summed E-state index contributed by atoms with van der Waals surface area (Å²) in [6.45, 7) is 1.90. The Labute approximate surface area is 118 Å². The quantitative estimate of drug-likeness (QED) is 0.678. The molecule has 0 aromatic carbocycles. The van der Waals surface area contributed by atoms with Crippen molar-refractivity contribution in [2.24, 2.45) is 4.99 Å². The highest BCUT2D eigenvalue weighted by Gasteiger charge is 2.12. The zero-order valence-electron chi connectivity index (χ0n) is 10.7. The van der Waals surface area contributed by atoms with E-state index < -0.39 is 12.1 Å². The number of amides is 2. The predicted molar refractivity (Wildman–Crippen MR) is 73.7 cm³/mol. The average molecular weight is 302 g/mol. The highest BCUT2D eigenvalue weighted by molar-refractivity contribution is 8.01. The van der Waals surface area contributed by atoms with Crippen molar-refractivity contribution in [3.63, 3.8) is 0 Å². The first kappa shape index (κ1) is 15.4. The van der Waals surface area contributed by atoms with Crippen molar-refractivity contribution in [3.8, 4) is 0 Å². The molecule has 0 unspecified atom stereocenters. The number of rotatable bonds is 3. The molecule has 9 heteroatoms. The molecule has 0 radical (unpaired) electrons. The maximum atomic E-state index is 11.5. The summed E-state index contributed by atoms with van der Waals surface area (Å²) in [4.78, 5) is 27.5. The molecule has 0 fully saturated rings. The van der Waals surface area contributed by atoms with E-state index >= 15 is 0 Å². The second-order valence-corrected chi connectivity index (χ2v) is 5.74. The molecule has 0 saturated heterocycles. The molecule has 0 atom stereocenters. The number of hydrogen-bond donors (Lipinski definition) is 1. The average Bonchev–Trinajstić information content (AvgIpc) is 2.72. The first-order valence-electron chi connectivity index (χ1n) is 5.29. The molecule has 0 bridgehead atoms. The second-order valence-electron chi connectivity index (χ2n) is 3.51. The van der Waals surface area contributed by atoms with Gasteiger partial charge in [0, 0.05) is 19.8 Å². The van der Waals surface area contributed by atoms with Crippen molar-refractivity contribution in [2.75, 3.05) is 19.8 Å². The van der Waals surface area contributed by atoms with Crippen LogP contribution in [-0.2, 0) is 0 Å². The third-order valence-electron chi connectivity index (χ3n) is 1.84. The third kappa shape index (κ3) is 4.52. The van der Waals surface area contributed by atoms with Gasteiger partial charge < -0.3 is 10.0 Å². The van der Waals surface area contributed by atoms with Crippen molar-refractivity contribution in [3.05, 3.63) is 17.0 Å². The number of urea groups is 1. The number of allylic oxidation sites excluding steroid dienone is 1. The van der Waals surface area contributed by atoms with Gasteiger partial charge in [0.2, 0.25) is 4.80 Å². The van der Waals surface area contributed by atoms with Gasteiger partial charge in [-0.2, -0.15) is 4.99 Å². The first-order chi connectivity index (χ1) is 8.95. The molecule has 1 N–H and O–H groups in total. The van der Waals surface area contributed by atoms with Gasteiger partial charge in [0.15, 0.2) is 4.34 Å². The first-order valence-corrected chi connectivity index (χ1v) is 7.09. The number of carbonyl (C=O) groups excluding carboxylic acids is 1. The number of aromatic nitrogens is 2. The minimum atomic E-state index is -1.26. The summed E-state index contributed by atoms with van der Waals surface area (Å²) in [6.07, 6.45) is 2.56. The minimum Gasteiger partial charge on any atom is -0.463 e. The van der Waals surface area contributed by atoms with Crippen LogP contribution in [0.2, 0.25) is 0 Å². The molecule has 0 aliphatic carbocycles. The molecule has 0 aliphatic heterocycles. The van der Waals surface area contributed by atoms with Crippen LogP contribution in [0.15, 0.2) is 21.5 Å². The number of hydrogen-bond acceptors (Lipinski definition) is 5. The SMILES string of the molecule is CC=CCSc1nn(C(=O)O)c(=NC(=O)N(C)C)s1. The lowest BCUT2D eigenvalue weighted by Gasteiger charge is -2.03. The van der Waals surface area contributed by atoms with Crippen LogP contribution in [0.3, 0.4) is 0 Å². The Kier molecular flexibility index (Phi) is 5.77. The molecule has 0 saturated carbocycles.